The molecule has 4 rings (SSSR count). The number of morpholine rings is 1. The van der Waals surface area contributed by atoms with Gasteiger partial charge >= 0.3 is 6.03 Å². The van der Waals surface area contributed by atoms with E-state index in [1.807, 2.05) is 11.8 Å². The molecule has 0 aliphatic carbocycles. The SMILES string of the molecule is CNC(=O)Nc1ccc(-c2nc(N3CCOC[C@@H]3C)c3c(n2)C(C)(C)S(=O)(=O)C3)c(F)c1. The zero-order valence-corrected chi connectivity index (χ0v) is 19.2. The van der Waals surface area contributed by atoms with Crippen LogP contribution in [0, 0.1) is 5.82 Å². The van der Waals surface area contributed by atoms with E-state index >= 15 is 4.39 Å². The average Bonchev–Trinajstić information content (AvgIpc) is 2.92. The van der Waals surface area contributed by atoms with Gasteiger partial charge in [0.15, 0.2) is 15.7 Å². The number of rotatable bonds is 3. The van der Waals surface area contributed by atoms with Crippen molar-refractivity contribution in [2.45, 2.75) is 37.3 Å². The van der Waals surface area contributed by atoms with Gasteiger partial charge in [-0.3, -0.25) is 0 Å². The van der Waals surface area contributed by atoms with Gasteiger partial charge in [0.05, 0.1) is 36.3 Å². The van der Waals surface area contributed by atoms with Crippen molar-refractivity contribution in [3.8, 4) is 11.4 Å². The molecule has 1 aromatic heterocycles. The first-order valence-corrected chi connectivity index (χ1v) is 12.0. The summed E-state index contributed by atoms with van der Waals surface area (Å²) in [6, 6.07) is 3.71. The molecule has 1 saturated heterocycles. The third-order valence-electron chi connectivity index (χ3n) is 6.00. The normalized spacial score (nSPS) is 21.2. The number of hydrogen-bond donors (Lipinski definition) is 2. The number of fused-ring (bicyclic) bond motifs is 1. The molecule has 11 heteroatoms. The maximum atomic E-state index is 15.0. The number of aromatic nitrogens is 2. The maximum Gasteiger partial charge on any atom is 0.318 e. The van der Waals surface area contributed by atoms with Gasteiger partial charge in [0.2, 0.25) is 0 Å². The molecule has 0 spiro atoms. The summed E-state index contributed by atoms with van der Waals surface area (Å²) in [6.07, 6.45) is 0. The summed E-state index contributed by atoms with van der Waals surface area (Å²) in [6.45, 7) is 6.72. The lowest BCUT2D eigenvalue weighted by atomic mass is 10.0. The fourth-order valence-electron chi connectivity index (χ4n) is 3.99. The second kappa shape index (κ2) is 7.96. The zero-order chi connectivity index (χ0) is 23.3. The minimum absolute atomic E-state index is 0.0222. The van der Waals surface area contributed by atoms with E-state index in [-0.39, 0.29) is 28.9 Å². The van der Waals surface area contributed by atoms with Crippen molar-refractivity contribution >= 4 is 27.4 Å². The van der Waals surface area contributed by atoms with Gasteiger partial charge in [-0.2, -0.15) is 0 Å². The summed E-state index contributed by atoms with van der Waals surface area (Å²) in [5.41, 5.74) is 1.35. The van der Waals surface area contributed by atoms with E-state index in [1.165, 1.54) is 19.2 Å². The number of halogens is 1. The molecule has 3 heterocycles. The molecule has 9 nitrogen and oxygen atoms in total. The van der Waals surface area contributed by atoms with Gasteiger partial charge in [0.25, 0.3) is 0 Å². The molecule has 2 aliphatic rings. The summed E-state index contributed by atoms with van der Waals surface area (Å²) in [4.78, 5) is 22.7. The van der Waals surface area contributed by atoms with Gasteiger partial charge in [-0.25, -0.2) is 27.6 Å². The highest BCUT2D eigenvalue weighted by atomic mass is 32.2. The molecule has 1 fully saturated rings. The van der Waals surface area contributed by atoms with Crippen LogP contribution >= 0.6 is 0 Å². The van der Waals surface area contributed by atoms with Crippen LogP contribution in [0.4, 0.5) is 20.7 Å². The number of sulfone groups is 1. The highest BCUT2D eigenvalue weighted by molar-refractivity contribution is 7.91. The Morgan fingerprint density at radius 2 is 2.06 bits per heavy atom. The molecule has 2 aromatic rings. The number of amides is 2. The number of nitrogens with zero attached hydrogens (tertiary/aromatic N) is 3. The Hall–Kier alpha value is -2.79. The van der Waals surface area contributed by atoms with Crippen LogP contribution in [-0.4, -0.2) is 57.3 Å². The van der Waals surface area contributed by atoms with Crippen molar-refractivity contribution in [2.75, 3.05) is 37.0 Å². The first-order chi connectivity index (χ1) is 15.0. The minimum Gasteiger partial charge on any atom is -0.377 e. The zero-order valence-electron chi connectivity index (χ0n) is 18.4. The van der Waals surface area contributed by atoms with E-state index in [1.54, 1.807) is 19.9 Å². The molecule has 2 aliphatic heterocycles. The summed E-state index contributed by atoms with van der Waals surface area (Å²) >= 11 is 0. The molecular formula is C21H26FN5O4S. The summed E-state index contributed by atoms with van der Waals surface area (Å²) in [5, 5.41) is 4.92. The molecule has 1 aromatic carbocycles. The molecule has 32 heavy (non-hydrogen) atoms. The molecule has 2 amide bonds. The van der Waals surface area contributed by atoms with Crippen LogP contribution in [0.1, 0.15) is 32.0 Å². The van der Waals surface area contributed by atoms with E-state index in [0.29, 0.717) is 36.8 Å². The number of carbonyl (C=O) groups excluding carboxylic acids is 1. The lowest BCUT2D eigenvalue weighted by Gasteiger charge is -2.35. The number of nitrogens with one attached hydrogen (secondary N) is 2. The lowest BCUT2D eigenvalue weighted by molar-refractivity contribution is 0.0984. The largest absolute Gasteiger partial charge is 0.377 e. The second-order valence-corrected chi connectivity index (χ2v) is 11.0. The number of benzene rings is 1. The van der Waals surface area contributed by atoms with E-state index < -0.39 is 26.4 Å². The highest BCUT2D eigenvalue weighted by Crippen LogP contribution is 2.45. The Morgan fingerprint density at radius 3 is 2.72 bits per heavy atom. The summed E-state index contributed by atoms with van der Waals surface area (Å²) in [7, 11) is -2.04. The van der Waals surface area contributed by atoms with Gasteiger partial charge in [-0.1, -0.05) is 0 Å². The Bertz CT molecular complexity index is 1180. The Balaban J connectivity index is 1.86. The molecule has 0 bridgehead atoms. The van der Waals surface area contributed by atoms with Gasteiger partial charge < -0.3 is 20.3 Å². The number of ether oxygens (including phenoxy) is 1. The number of urea groups is 1. The molecule has 0 radical (unpaired) electrons. The van der Waals surface area contributed by atoms with Crippen LogP contribution in [0.15, 0.2) is 18.2 Å². The van der Waals surface area contributed by atoms with Crippen molar-refractivity contribution in [1.82, 2.24) is 15.3 Å². The van der Waals surface area contributed by atoms with Crippen LogP contribution in [0.3, 0.4) is 0 Å². The molecule has 2 N–H and O–H groups in total. The first-order valence-electron chi connectivity index (χ1n) is 10.3. The maximum absolute atomic E-state index is 15.0. The molecule has 0 unspecified atom stereocenters. The smallest absolute Gasteiger partial charge is 0.318 e. The van der Waals surface area contributed by atoms with E-state index in [0.717, 1.165) is 0 Å². The van der Waals surface area contributed by atoms with Crippen LogP contribution < -0.4 is 15.5 Å². The predicted molar refractivity (Wildman–Crippen MR) is 119 cm³/mol. The minimum atomic E-state index is -3.50. The van der Waals surface area contributed by atoms with Crippen molar-refractivity contribution < 1.29 is 22.3 Å². The Morgan fingerprint density at radius 1 is 1.31 bits per heavy atom. The molecule has 172 valence electrons. The summed E-state index contributed by atoms with van der Waals surface area (Å²) in [5.74, 6) is -0.182. The van der Waals surface area contributed by atoms with E-state index in [2.05, 4.69) is 20.6 Å². The second-order valence-electron chi connectivity index (χ2n) is 8.48. The van der Waals surface area contributed by atoms with Crippen molar-refractivity contribution in [3.05, 3.63) is 35.3 Å². The third kappa shape index (κ3) is 3.69. The molecule has 1 atom stereocenters. The quantitative estimate of drug-likeness (QED) is 0.719. The van der Waals surface area contributed by atoms with Crippen LogP contribution in [0.2, 0.25) is 0 Å². The van der Waals surface area contributed by atoms with Gasteiger partial charge in [-0.15, -0.1) is 0 Å². The van der Waals surface area contributed by atoms with Crippen LogP contribution in [0.25, 0.3) is 11.4 Å². The van der Waals surface area contributed by atoms with Crippen LogP contribution in [-0.2, 0) is 25.1 Å². The van der Waals surface area contributed by atoms with Gasteiger partial charge in [-0.05, 0) is 39.0 Å². The van der Waals surface area contributed by atoms with Gasteiger partial charge in [0, 0.05) is 24.8 Å². The monoisotopic (exact) mass is 463 g/mol. The van der Waals surface area contributed by atoms with Crippen molar-refractivity contribution in [1.29, 1.82) is 0 Å². The van der Waals surface area contributed by atoms with E-state index in [9.17, 15) is 13.2 Å². The number of carbonyl (C=O) groups is 1. The van der Waals surface area contributed by atoms with Crippen LogP contribution in [0.5, 0.6) is 0 Å². The first kappa shape index (κ1) is 22.4. The average molecular weight is 464 g/mol. The third-order valence-corrected chi connectivity index (χ3v) is 8.42. The molecular weight excluding hydrogens is 437 g/mol. The fraction of sp³-hybridized carbons (Fsp3) is 0.476. The fourth-order valence-corrected chi connectivity index (χ4v) is 5.46. The van der Waals surface area contributed by atoms with Gasteiger partial charge in [0.1, 0.15) is 16.4 Å². The highest BCUT2D eigenvalue weighted by Gasteiger charge is 2.48. The lowest BCUT2D eigenvalue weighted by Crippen LogP contribution is -2.44. The Labute approximate surface area is 186 Å². The summed E-state index contributed by atoms with van der Waals surface area (Å²) < 4.78 is 45.2. The van der Waals surface area contributed by atoms with E-state index in [4.69, 9.17) is 4.74 Å². The topological polar surface area (TPSA) is 114 Å². The number of anilines is 2. The number of hydrogen-bond acceptors (Lipinski definition) is 7. The van der Waals surface area contributed by atoms with Crippen molar-refractivity contribution in [3.63, 3.8) is 0 Å². The predicted octanol–water partition coefficient (Wildman–Crippen LogP) is 2.42. The molecule has 0 saturated carbocycles. The standard InChI is InChI=1S/C21H26FN5O4S/c1-12-10-31-8-7-27(12)19-15-11-32(29,30)21(2,3)17(15)25-18(26-19)14-6-5-13(9-16(14)22)24-20(28)23-4/h5-6,9,12H,7-8,10-11H2,1-4H3,(H2,23,24,28)/t12-/m0/s1. The Kier molecular flexibility index (Phi) is 5.58. The van der Waals surface area contributed by atoms with Crippen molar-refractivity contribution in [2.24, 2.45) is 0 Å².